The van der Waals surface area contributed by atoms with E-state index in [0.29, 0.717) is 12.1 Å². The molecule has 1 heterocycles. The fourth-order valence-electron chi connectivity index (χ4n) is 2.11. The van der Waals surface area contributed by atoms with Gasteiger partial charge in [0.15, 0.2) is 0 Å². The number of rotatable bonds is 6. The Morgan fingerprint density at radius 1 is 1.27 bits per heavy atom. The number of nitrogens with zero attached hydrogens (tertiary/aromatic N) is 1. The SMILES string of the molecule is CC(C)=CCC/C(C)=C/CNC(=O)c1ccc2ncsc2c1. The van der Waals surface area contributed by atoms with Crippen molar-refractivity contribution >= 4 is 27.5 Å². The summed E-state index contributed by atoms with van der Waals surface area (Å²) in [5, 5.41) is 2.94. The number of fused-ring (bicyclic) bond motifs is 1. The third-order valence-electron chi connectivity index (χ3n) is 3.40. The number of aromatic nitrogens is 1. The standard InChI is InChI=1S/C18H22N2OS/c1-13(2)5-4-6-14(3)9-10-19-18(21)15-7-8-16-17(11-15)22-12-20-16/h5,7-9,11-12H,4,6,10H2,1-3H3,(H,19,21)/b14-9+. The molecule has 0 aliphatic heterocycles. The minimum Gasteiger partial charge on any atom is -0.349 e. The molecule has 1 aromatic carbocycles. The zero-order valence-corrected chi connectivity index (χ0v) is 14.2. The molecule has 0 aliphatic carbocycles. The first kappa shape index (κ1) is 16.4. The largest absolute Gasteiger partial charge is 0.349 e. The molecule has 0 spiro atoms. The number of thiazole rings is 1. The van der Waals surface area contributed by atoms with Crippen LogP contribution < -0.4 is 5.32 Å². The van der Waals surface area contributed by atoms with E-state index in [0.717, 1.165) is 23.1 Å². The van der Waals surface area contributed by atoms with Crippen molar-refractivity contribution in [1.29, 1.82) is 0 Å². The van der Waals surface area contributed by atoms with Crippen LogP contribution in [-0.4, -0.2) is 17.4 Å². The Balaban J connectivity index is 1.85. The van der Waals surface area contributed by atoms with E-state index in [1.165, 1.54) is 11.1 Å². The molecule has 116 valence electrons. The summed E-state index contributed by atoms with van der Waals surface area (Å²) in [7, 11) is 0. The number of hydrogen-bond acceptors (Lipinski definition) is 3. The Morgan fingerprint density at radius 3 is 2.86 bits per heavy atom. The number of carbonyl (C=O) groups excluding carboxylic acids is 1. The molecule has 0 bridgehead atoms. The summed E-state index contributed by atoms with van der Waals surface area (Å²) in [4.78, 5) is 16.3. The molecule has 2 aromatic rings. The highest BCUT2D eigenvalue weighted by molar-refractivity contribution is 7.16. The summed E-state index contributed by atoms with van der Waals surface area (Å²) >= 11 is 1.55. The molecule has 0 aliphatic rings. The Hall–Kier alpha value is -1.94. The van der Waals surface area contributed by atoms with Crippen molar-refractivity contribution in [1.82, 2.24) is 10.3 Å². The van der Waals surface area contributed by atoms with E-state index in [4.69, 9.17) is 0 Å². The molecule has 3 nitrogen and oxygen atoms in total. The van der Waals surface area contributed by atoms with Gasteiger partial charge in [0, 0.05) is 12.1 Å². The maximum Gasteiger partial charge on any atom is 0.251 e. The van der Waals surface area contributed by atoms with Crippen LogP contribution in [0.1, 0.15) is 44.0 Å². The highest BCUT2D eigenvalue weighted by Crippen LogP contribution is 2.18. The van der Waals surface area contributed by atoms with Gasteiger partial charge in [0.05, 0.1) is 15.7 Å². The van der Waals surface area contributed by atoms with Gasteiger partial charge in [0.1, 0.15) is 0 Å². The van der Waals surface area contributed by atoms with Crippen LogP contribution in [0.2, 0.25) is 0 Å². The van der Waals surface area contributed by atoms with Gasteiger partial charge in [-0.15, -0.1) is 11.3 Å². The number of hydrogen-bond donors (Lipinski definition) is 1. The highest BCUT2D eigenvalue weighted by atomic mass is 32.1. The molecule has 0 atom stereocenters. The number of benzene rings is 1. The molecular weight excluding hydrogens is 292 g/mol. The average molecular weight is 314 g/mol. The summed E-state index contributed by atoms with van der Waals surface area (Å²) < 4.78 is 1.04. The van der Waals surface area contributed by atoms with E-state index < -0.39 is 0 Å². The topological polar surface area (TPSA) is 42.0 Å². The van der Waals surface area contributed by atoms with Gasteiger partial charge in [-0.2, -0.15) is 0 Å². The van der Waals surface area contributed by atoms with Crippen LogP contribution in [0.3, 0.4) is 0 Å². The molecule has 1 aromatic heterocycles. The Bertz CT molecular complexity index is 709. The minimum atomic E-state index is -0.0383. The van der Waals surface area contributed by atoms with Crippen LogP contribution in [0, 0.1) is 0 Å². The third kappa shape index (κ3) is 4.81. The highest BCUT2D eigenvalue weighted by Gasteiger charge is 2.06. The molecule has 2 rings (SSSR count). The first-order valence-electron chi connectivity index (χ1n) is 7.46. The van der Waals surface area contributed by atoms with Gasteiger partial charge in [-0.05, 0) is 51.8 Å². The average Bonchev–Trinajstić information content (AvgIpc) is 2.94. The summed E-state index contributed by atoms with van der Waals surface area (Å²) in [5.41, 5.74) is 6.07. The lowest BCUT2D eigenvalue weighted by atomic mass is 10.1. The molecule has 0 radical (unpaired) electrons. The Labute approximate surface area is 135 Å². The van der Waals surface area contributed by atoms with Gasteiger partial charge in [-0.25, -0.2) is 4.98 Å². The summed E-state index contributed by atoms with van der Waals surface area (Å²) in [6.45, 7) is 6.90. The van der Waals surface area contributed by atoms with Crippen LogP contribution in [0.15, 0.2) is 47.0 Å². The van der Waals surface area contributed by atoms with Crippen LogP contribution in [0.4, 0.5) is 0 Å². The van der Waals surface area contributed by atoms with E-state index in [1.807, 2.05) is 18.2 Å². The molecule has 22 heavy (non-hydrogen) atoms. The van der Waals surface area contributed by atoms with E-state index in [1.54, 1.807) is 16.8 Å². The summed E-state index contributed by atoms with van der Waals surface area (Å²) in [6.07, 6.45) is 6.41. The number of amides is 1. The monoisotopic (exact) mass is 314 g/mol. The zero-order chi connectivity index (χ0) is 15.9. The van der Waals surface area contributed by atoms with Crippen molar-refractivity contribution in [3.05, 3.63) is 52.6 Å². The third-order valence-corrected chi connectivity index (χ3v) is 4.19. The maximum absolute atomic E-state index is 12.1. The van der Waals surface area contributed by atoms with Crippen molar-refractivity contribution in [2.45, 2.75) is 33.6 Å². The smallest absolute Gasteiger partial charge is 0.251 e. The lowest BCUT2D eigenvalue weighted by molar-refractivity contribution is 0.0958. The number of nitrogens with one attached hydrogen (secondary N) is 1. The molecule has 4 heteroatoms. The first-order chi connectivity index (χ1) is 10.6. The molecule has 0 fully saturated rings. The van der Waals surface area contributed by atoms with Crippen LogP contribution in [-0.2, 0) is 0 Å². The van der Waals surface area contributed by atoms with E-state index in [-0.39, 0.29) is 5.91 Å². The first-order valence-corrected chi connectivity index (χ1v) is 8.34. The lowest BCUT2D eigenvalue weighted by Crippen LogP contribution is -2.23. The fraction of sp³-hybridized carbons (Fsp3) is 0.333. The second-order valence-electron chi connectivity index (χ2n) is 5.62. The van der Waals surface area contributed by atoms with Crippen molar-refractivity contribution in [2.75, 3.05) is 6.54 Å². The van der Waals surface area contributed by atoms with Crippen molar-refractivity contribution in [3.8, 4) is 0 Å². The summed E-state index contributed by atoms with van der Waals surface area (Å²) in [5.74, 6) is -0.0383. The minimum absolute atomic E-state index is 0.0383. The number of carbonyl (C=O) groups is 1. The normalized spacial score (nSPS) is 11.5. The van der Waals surface area contributed by atoms with E-state index in [2.05, 4.69) is 43.2 Å². The molecule has 0 saturated heterocycles. The fourth-order valence-corrected chi connectivity index (χ4v) is 2.82. The Kier molecular flexibility index (Phi) is 5.90. The second-order valence-corrected chi connectivity index (χ2v) is 6.50. The van der Waals surface area contributed by atoms with Crippen molar-refractivity contribution < 1.29 is 4.79 Å². The van der Waals surface area contributed by atoms with Crippen LogP contribution in [0.25, 0.3) is 10.2 Å². The maximum atomic E-state index is 12.1. The second kappa shape index (κ2) is 7.90. The van der Waals surface area contributed by atoms with Gasteiger partial charge in [-0.1, -0.05) is 23.3 Å². The molecule has 1 amide bonds. The van der Waals surface area contributed by atoms with Gasteiger partial charge in [0.2, 0.25) is 0 Å². The predicted octanol–water partition coefficient (Wildman–Crippen LogP) is 4.72. The van der Waals surface area contributed by atoms with Gasteiger partial charge >= 0.3 is 0 Å². The van der Waals surface area contributed by atoms with Crippen LogP contribution >= 0.6 is 11.3 Å². The van der Waals surface area contributed by atoms with E-state index >= 15 is 0 Å². The zero-order valence-electron chi connectivity index (χ0n) is 13.3. The molecule has 1 N–H and O–H groups in total. The van der Waals surface area contributed by atoms with Gasteiger partial charge in [0.25, 0.3) is 5.91 Å². The predicted molar refractivity (Wildman–Crippen MR) is 94.4 cm³/mol. The lowest BCUT2D eigenvalue weighted by Gasteiger charge is -2.04. The van der Waals surface area contributed by atoms with Gasteiger partial charge < -0.3 is 5.32 Å². The molecule has 0 saturated carbocycles. The number of allylic oxidation sites excluding steroid dienone is 3. The molecular formula is C18H22N2OS. The van der Waals surface area contributed by atoms with E-state index in [9.17, 15) is 4.79 Å². The van der Waals surface area contributed by atoms with Crippen LogP contribution in [0.5, 0.6) is 0 Å². The van der Waals surface area contributed by atoms with Crippen molar-refractivity contribution in [3.63, 3.8) is 0 Å². The van der Waals surface area contributed by atoms with Crippen molar-refractivity contribution in [2.24, 2.45) is 0 Å². The quantitative estimate of drug-likeness (QED) is 0.784. The Morgan fingerprint density at radius 2 is 2.09 bits per heavy atom. The summed E-state index contributed by atoms with van der Waals surface area (Å²) in [6, 6.07) is 5.61. The molecule has 0 unspecified atom stereocenters. The van der Waals surface area contributed by atoms with Gasteiger partial charge in [-0.3, -0.25) is 4.79 Å².